The first-order valence-corrected chi connectivity index (χ1v) is 8.91. The molecule has 0 spiro atoms. The van der Waals surface area contributed by atoms with Gasteiger partial charge in [0.1, 0.15) is 0 Å². The number of hydrogen-bond acceptors (Lipinski definition) is 5. The molecule has 1 unspecified atom stereocenters. The van der Waals surface area contributed by atoms with Crippen molar-refractivity contribution < 1.29 is 22.7 Å². The van der Waals surface area contributed by atoms with E-state index in [-0.39, 0.29) is 35.7 Å². The van der Waals surface area contributed by atoms with Crippen LogP contribution in [0.1, 0.15) is 19.8 Å². The first kappa shape index (κ1) is 16.1. The molecule has 0 bridgehead atoms. The van der Waals surface area contributed by atoms with Crippen LogP contribution < -0.4 is 4.90 Å². The molecule has 7 nitrogen and oxygen atoms in total. The number of sulfonamides is 1. The first-order chi connectivity index (χ1) is 10.9. The van der Waals surface area contributed by atoms with E-state index >= 15 is 0 Å². The third-order valence-electron chi connectivity index (χ3n) is 3.99. The van der Waals surface area contributed by atoms with Gasteiger partial charge in [0.2, 0.25) is 21.8 Å². The maximum atomic E-state index is 12.6. The topological polar surface area (TPSA) is 84.0 Å². The average molecular weight is 338 g/mol. The third-order valence-corrected chi connectivity index (χ3v) is 5.87. The lowest BCUT2D eigenvalue weighted by molar-refractivity contribution is -0.121. The monoisotopic (exact) mass is 338 g/mol. The lowest BCUT2D eigenvalue weighted by atomic mass is 10.3. The number of benzene rings is 1. The highest BCUT2D eigenvalue weighted by molar-refractivity contribution is 7.89. The highest BCUT2D eigenvalue weighted by Gasteiger charge is 2.32. The molecule has 2 aliphatic rings. The van der Waals surface area contributed by atoms with Gasteiger partial charge in [-0.1, -0.05) is 0 Å². The van der Waals surface area contributed by atoms with Crippen LogP contribution in [0.5, 0.6) is 0 Å². The maximum absolute atomic E-state index is 12.6. The number of nitrogens with zero attached hydrogens (tertiary/aromatic N) is 2. The maximum Gasteiger partial charge on any atom is 0.243 e. The van der Waals surface area contributed by atoms with Gasteiger partial charge >= 0.3 is 0 Å². The number of rotatable bonds is 3. The van der Waals surface area contributed by atoms with Crippen molar-refractivity contribution in [3.8, 4) is 0 Å². The summed E-state index contributed by atoms with van der Waals surface area (Å²) in [6, 6.07) is 5.86. The van der Waals surface area contributed by atoms with Crippen LogP contribution >= 0.6 is 0 Å². The van der Waals surface area contributed by atoms with Crippen LogP contribution in [0.15, 0.2) is 29.2 Å². The Morgan fingerprint density at radius 1 is 1.09 bits per heavy atom. The van der Waals surface area contributed by atoms with E-state index in [0.29, 0.717) is 25.4 Å². The Bertz CT molecular complexity index is 713. The Morgan fingerprint density at radius 2 is 1.70 bits per heavy atom. The second-order valence-electron chi connectivity index (χ2n) is 5.66. The minimum atomic E-state index is -3.60. The van der Waals surface area contributed by atoms with E-state index < -0.39 is 10.0 Å². The first-order valence-electron chi connectivity index (χ1n) is 7.47. The van der Waals surface area contributed by atoms with E-state index in [9.17, 15) is 18.0 Å². The quantitative estimate of drug-likeness (QED) is 0.760. The van der Waals surface area contributed by atoms with Crippen molar-refractivity contribution in [3.63, 3.8) is 0 Å². The van der Waals surface area contributed by atoms with E-state index in [1.165, 1.54) is 28.6 Å². The van der Waals surface area contributed by atoms with E-state index in [0.717, 1.165) is 4.90 Å². The van der Waals surface area contributed by atoms with E-state index in [1.54, 1.807) is 0 Å². The molecule has 2 amide bonds. The summed E-state index contributed by atoms with van der Waals surface area (Å²) >= 11 is 0. The summed E-state index contributed by atoms with van der Waals surface area (Å²) in [5, 5.41) is 0. The smallest absolute Gasteiger partial charge is 0.243 e. The summed E-state index contributed by atoms with van der Waals surface area (Å²) in [6.45, 7) is 2.83. The van der Waals surface area contributed by atoms with Gasteiger partial charge in [-0.25, -0.2) is 8.42 Å². The molecule has 3 rings (SSSR count). The fourth-order valence-corrected chi connectivity index (χ4v) is 4.28. The summed E-state index contributed by atoms with van der Waals surface area (Å²) in [5.74, 6) is -0.514. The number of anilines is 1. The number of amides is 2. The molecule has 23 heavy (non-hydrogen) atoms. The molecule has 0 N–H and O–H groups in total. The standard InChI is InChI=1S/C15H18N2O5S/c1-11-10-16(8-9-22-11)23(20,21)13-4-2-12(3-5-13)17-14(18)6-7-15(17)19/h2-5,11H,6-10H2,1H3. The molecule has 0 radical (unpaired) electrons. The Morgan fingerprint density at radius 3 is 2.26 bits per heavy atom. The third kappa shape index (κ3) is 3.01. The van der Waals surface area contributed by atoms with Gasteiger partial charge in [0.15, 0.2) is 0 Å². The Hall–Kier alpha value is -1.77. The second kappa shape index (κ2) is 6.03. The Balaban J connectivity index is 1.84. The van der Waals surface area contributed by atoms with E-state index in [2.05, 4.69) is 0 Å². The van der Waals surface area contributed by atoms with Crippen molar-refractivity contribution in [2.75, 3.05) is 24.6 Å². The van der Waals surface area contributed by atoms with Crippen molar-refractivity contribution in [2.24, 2.45) is 0 Å². The number of imide groups is 1. The van der Waals surface area contributed by atoms with Crippen LogP contribution in [0.2, 0.25) is 0 Å². The predicted molar refractivity (Wildman–Crippen MR) is 82.3 cm³/mol. The van der Waals surface area contributed by atoms with Crippen LogP contribution in [-0.4, -0.2) is 50.3 Å². The lowest BCUT2D eigenvalue weighted by Gasteiger charge is -2.30. The summed E-state index contributed by atoms with van der Waals surface area (Å²) in [4.78, 5) is 24.7. The van der Waals surface area contributed by atoms with Crippen LogP contribution in [0.25, 0.3) is 0 Å². The minimum Gasteiger partial charge on any atom is -0.376 e. The van der Waals surface area contributed by atoms with Crippen LogP contribution in [0.3, 0.4) is 0 Å². The number of hydrogen-bond donors (Lipinski definition) is 0. The fraction of sp³-hybridized carbons (Fsp3) is 0.467. The summed E-state index contributed by atoms with van der Waals surface area (Å²) < 4.78 is 32.0. The molecule has 2 saturated heterocycles. The zero-order chi connectivity index (χ0) is 16.6. The molecular formula is C15H18N2O5S. The zero-order valence-corrected chi connectivity index (χ0v) is 13.6. The molecule has 2 fully saturated rings. The fourth-order valence-electron chi connectivity index (χ4n) is 2.79. The predicted octanol–water partition coefficient (Wildman–Crippen LogP) is 0.749. The summed E-state index contributed by atoms with van der Waals surface area (Å²) in [7, 11) is -3.60. The summed E-state index contributed by atoms with van der Waals surface area (Å²) in [6.07, 6.45) is 0.257. The van der Waals surface area contributed by atoms with Gasteiger partial charge in [-0.2, -0.15) is 4.31 Å². The van der Waals surface area contributed by atoms with E-state index in [4.69, 9.17) is 4.74 Å². The zero-order valence-electron chi connectivity index (χ0n) is 12.8. The van der Waals surface area contributed by atoms with Crippen molar-refractivity contribution in [2.45, 2.75) is 30.8 Å². The molecule has 2 heterocycles. The molecule has 1 atom stereocenters. The number of morpholine rings is 1. The van der Waals surface area contributed by atoms with Gasteiger partial charge in [0.25, 0.3) is 0 Å². The molecular weight excluding hydrogens is 320 g/mol. The van der Waals surface area contributed by atoms with Crippen molar-refractivity contribution >= 4 is 27.5 Å². The normalized spacial score (nSPS) is 23.5. The van der Waals surface area contributed by atoms with Crippen LogP contribution in [-0.2, 0) is 24.3 Å². The molecule has 0 aromatic heterocycles. The minimum absolute atomic E-state index is 0.141. The molecule has 8 heteroatoms. The molecule has 124 valence electrons. The molecule has 1 aromatic rings. The lowest BCUT2D eigenvalue weighted by Crippen LogP contribution is -2.44. The largest absolute Gasteiger partial charge is 0.376 e. The van der Waals surface area contributed by atoms with Crippen molar-refractivity contribution in [1.82, 2.24) is 4.31 Å². The van der Waals surface area contributed by atoms with Gasteiger partial charge < -0.3 is 4.74 Å². The molecule has 2 aliphatic heterocycles. The molecule has 1 aromatic carbocycles. The molecule has 0 saturated carbocycles. The number of carbonyl (C=O) groups excluding carboxylic acids is 2. The Kier molecular flexibility index (Phi) is 4.22. The van der Waals surface area contributed by atoms with Gasteiger partial charge in [-0.3, -0.25) is 14.5 Å². The van der Waals surface area contributed by atoms with Crippen molar-refractivity contribution in [1.29, 1.82) is 0 Å². The summed E-state index contributed by atoms with van der Waals surface area (Å²) in [5.41, 5.74) is 0.409. The number of ether oxygens (including phenoxy) is 1. The van der Waals surface area contributed by atoms with Gasteiger partial charge in [-0.15, -0.1) is 0 Å². The average Bonchev–Trinajstić information content (AvgIpc) is 2.86. The molecule has 0 aliphatic carbocycles. The van der Waals surface area contributed by atoms with E-state index in [1.807, 2.05) is 6.92 Å². The van der Waals surface area contributed by atoms with Gasteiger partial charge in [0, 0.05) is 25.9 Å². The SMILES string of the molecule is CC1CN(S(=O)(=O)c2ccc(N3C(=O)CCC3=O)cc2)CCO1. The van der Waals surface area contributed by atoms with Crippen molar-refractivity contribution in [3.05, 3.63) is 24.3 Å². The highest BCUT2D eigenvalue weighted by atomic mass is 32.2. The highest BCUT2D eigenvalue weighted by Crippen LogP contribution is 2.25. The second-order valence-corrected chi connectivity index (χ2v) is 7.60. The van der Waals surface area contributed by atoms with Crippen LogP contribution in [0.4, 0.5) is 5.69 Å². The number of carbonyl (C=O) groups is 2. The van der Waals surface area contributed by atoms with Gasteiger partial charge in [0.05, 0.1) is 23.3 Å². The van der Waals surface area contributed by atoms with Gasteiger partial charge in [-0.05, 0) is 31.2 Å². The van der Waals surface area contributed by atoms with Crippen LogP contribution in [0, 0.1) is 0 Å². The Labute approximate surface area is 134 Å².